The molecule has 2 unspecified atom stereocenters. The van der Waals surface area contributed by atoms with Crippen LogP contribution in [-0.2, 0) is 0 Å². The highest BCUT2D eigenvalue weighted by Crippen LogP contribution is 2.40. The lowest BCUT2D eigenvalue weighted by molar-refractivity contribution is 0.374. The Balaban J connectivity index is 2.63. The predicted octanol–water partition coefficient (Wildman–Crippen LogP) is 6.07. The van der Waals surface area contributed by atoms with Gasteiger partial charge in [0.05, 0.1) is 23.5 Å². The highest BCUT2D eigenvalue weighted by molar-refractivity contribution is 5.36. The van der Waals surface area contributed by atoms with Gasteiger partial charge in [-0.15, -0.1) is 0 Å². The third-order valence-corrected chi connectivity index (χ3v) is 4.64. The minimum absolute atomic E-state index is 0.287. The molecule has 2 nitrogen and oxygen atoms in total. The smallest absolute Gasteiger partial charge is 0.0949 e. The number of rotatable bonds is 10. The molecule has 1 aliphatic carbocycles. The predicted molar refractivity (Wildman–Crippen MR) is 91.9 cm³/mol. The summed E-state index contributed by atoms with van der Waals surface area (Å²) in [6.45, 7) is 4.40. The van der Waals surface area contributed by atoms with Crippen LogP contribution in [0.1, 0.15) is 78.1 Å². The third-order valence-electron chi connectivity index (χ3n) is 4.64. The lowest BCUT2D eigenvalue weighted by Crippen LogP contribution is -2.27. The highest BCUT2D eigenvalue weighted by Gasteiger charge is 2.37. The van der Waals surface area contributed by atoms with Crippen molar-refractivity contribution in [1.82, 2.24) is 0 Å². The van der Waals surface area contributed by atoms with Crippen molar-refractivity contribution in [3.8, 4) is 12.1 Å². The molecule has 0 aromatic carbocycles. The molecule has 0 heterocycles. The van der Waals surface area contributed by atoms with Crippen LogP contribution in [0.4, 0.5) is 0 Å². The van der Waals surface area contributed by atoms with Crippen molar-refractivity contribution in [2.75, 3.05) is 0 Å². The minimum Gasteiger partial charge on any atom is -0.198 e. The summed E-state index contributed by atoms with van der Waals surface area (Å²) in [5.41, 5.74) is 0.636. The first-order valence-electron chi connectivity index (χ1n) is 8.93. The minimum atomic E-state index is -0.602. The lowest BCUT2D eigenvalue weighted by atomic mass is 9.69. The molecule has 1 rings (SSSR count). The van der Waals surface area contributed by atoms with Crippen LogP contribution < -0.4 is 0 Å². The summed E-state index contributed by atoms with van der Waals surface area (Å²) in [6, 6.07) is 4.81. The topological polar surface area (TPSA) is 47.6 Å². The second-order valence-corrected chi connectivity index (χ2v) is 6.46. The number of nitriles is 2. The van der Waals surface area contributed by atoms with E-state index in [1.807, 2.05) is 6.08 Å². The van der Waals surface area contributed by atoms with E-state index in [1.165, 1.54) is 44.1 Å². The molecule has 2 heteroatoms. The Hall–Kier alpha value is -1.54. The van der Waals surface area contributed by atoms with Gasteiger partial charge >= 0.3 is 0 Å². The van der Waals surface area contributed by atoms with Gasteiger partial charge in [0.1, 0.15) is 0 Å². The van der Waals surface area contributed by atoms with Gasteiger partial charge in [-0.25, -0.2) is 0 Å². The van der Waals surface area contributed by atoms with E-state index >= 15 is 0 Å². The van der Waals surface area contributed by atoms with Gasteiger partial charge in [0.15, 0.2) is 0 Å². The molecule has 0 saturated heterocycles. The fourth-order valence-corrected chi connectivity index (χ4v) is 3.10. The van der Waals surface area contributed by atoms with Crippen LogP contribution >= 0.6 is 0 Å². The quantitative estimate of drug-likeness (QED) is 0.459. The van der Waals surface area contributed by atoms with Crippen LogP contribution in [0, 0.1) is 34.0 Å². The van der Waals surface area contributed by atoms with E-state index in [0.717, 1.165) is 25.7 Å². The summed E-state index contributed by atoms with van der Waals surface area (Å²) < 4.78 is 0. The first kappa shape index (κ1) is 18.5. The Labute approximate surface area is 136 Å². The summed E-state index contributed by atoms with van der Waals surface area (Å²) in [5, 5.41) is 19.2. The highest BCUT2D eigenvalue weighted by atomic mass is 14.4. The molecule has 0 amide bonds. The van der Waals surface area contributed by atoms with Crippen molar-refractivity contribution >= 4 is 0 Å². The molecule has 0 radical (unpaired) electrons. The molecule has 22 heavy (non-hydrogen) atoms. The van der Waals surface area contributed by atoms with E-state index in [-0.39, 0.29) is 5.92 Å². The molecule has 0 fully saturated rings. The molecule has 2 atom stereocenters. The van der Waals surface area contributed by atoms with E-state index in [9.17, 15) is 10.5 Å². The maximum atomic E-state index is 9.65. The standard InChI is InChI=1S/C20H30N2/c1-3-5-7-9-11-18-12-14-20(17-22,19(15-18)16-21)13-10-8-6-4-2/h12,14-15,19H,3-11,13H2,1-2H3. The molecule has 120 valence electrons. The zero-order valence-corrected chi connectivity index (χ0v) is 14.3. The zero-order chi connectivity index (χ0) is 16.3. The van der Waals surface area contributed by atoms with Gasteiger partial charge in [-0.2, -0.15) is 10.5 Å². The molecule has 0 aliphatic heterocycles. The Bertz CT molecular complexity index is 461. The Morgan fingerprint density at radius 1 is 1.00 bits per heavy atom. The van der Waals surface area contributed by atoms with Crippen molar-refractivity contribution in [2.24, 2.45) is 11.3 Å². The first-order valence-corrected chi connectivity index (χ1v) is 8.93. The van der Waals surface area contributed by atoms with Crippen molar-refractivity contribution in [1.29, 1.82) is 10.5 Å². The van der Waals surface area contributed by atoms with Crippen molar-refractivity contribution < 1.29 is 0 Å². The summed E-state index contributed by atoms with van der Waals surface area (Å²) in [6.07, 6.45) is 17.5. The summed E-state index contributed by atoms with van der Waals surface area (Å²) in [7, 11) is 0. The third kappa shape index (κ3) is 5.34. The lowest BCUT2D eigenvalue weighted by Gasteiger charge is -2.29. The van der Waals surface area contributed by atoms with Gasteiger partial charge in [-0.3, -0.25) is 0 Å². The van der Waals surface area contributed by atoms with Gasteiger partial charge < -0.3 is 0 Å². The van der Waals surface area contributed by atoms with Gasteiger partial charge in [0.2, 0.25) is 0 Å². The van der Waals surface area contributed by atoms with Gasteiger partial charge in [0, 0.05) is 0 Å². The fourth-order valence-electron chi connectivity index (χ4n) is 3.10. The molecule has 0 aromatic rings. The van der Waals surface area contributed by atoms with E-state index in [1.54, 1.807) is 0 Å². The first-order chi connectivity index (χ1) is 10.7. The summed E-state index contributed by atoms with van der Waals surface area (Å²) >= 11 is 0. The van der Waals surface area contributed by atoms with E-state index in [2.05, 4.69) is 38.1 Å². The second kappa shape index (κ2) is 10.2. The summed E-state index contributed by atoms with van der Waals surface area (Å²) in [5.74, 6) is -0.287. The zero-order valence-electron chi connectivity index (χ0n) is 14.3. The molecular formula is C20H30N2. The maximum Gasteiger partial charge on any atom is 0.0949 e. The average Bonchev–Trinajstić information content (AvgIpc) is 2.56. The van der Waals surface area contributed by atoms with Crippen molar-refractivity contribution in [3.05, 3.63) is 23.8 Å². The molecule has 0 aromatic heterocycles. The van der Waals surface area contributed by atoms with Gasteiger partial charge in [-0.05, 0) is 19.3 Å². The second-order valence-electron chi connectivity index (χ2n) is 6.46. The largest absolute Gasteiger partial charge is 0.198 e. The molecule has 0 N–H and O–H groups in total. The van der Waals surface area contributed by atoms with Crippen LogP contribution in [0.5, 0.6) is 0 Å². The monoisotopic (exact) mass is 298 g/mol. The molecular weight excluding hydrogens is 268 g/mol. The van der Waals surface area contributed by atoms with Gasteiger partial charge in [-0.1, -0.05) is 82.6 Å². The molecule has 1 aliphatic rings. The normalized spacial score (nSPS) is 23.6. The number of hydrogen-bond donors (Lipinski definition) is 0. The van der Waals surface area contributed by atoms with Crippen LogP contribution in [0.2, 0.25) is 0 Å². The van der Waals surface area contributed by atoms with Gasteiger partial charge in [0.25, 0.3) is 0 Å². The molecule has 0 bridgehead atoms. The van der Waals surface area contributed by atoms with E-state index < -0.39 is 5.41 Å². The molecule has 0 spiro atoms. The Morgan fingerprint density at radius 3 is 2.27 bits per heavy atom. The van der Waals surface area contributed by atoms with Crippen LogP contribution in [0.3, 0.4) is 0 Å². The fraction of sp³-hybridized carbons (Fsp3) is 0.700. The van der Waals surface area contributed by atoms with E-state index in [0.29, 0.717) is 0 Å². The van der Waals surface area contributed by atoms with Crippen LogP contribution in [0.25, 0.3) is 0 Å². The number of hydrogen-bond acceptors (Lipinski definition) is 2. The Kier molecular flexibility index (Phi) is 8.61. The SMILES string of the molecule is CCCCCCC1=CC(C#N)C(C#N)(CCCCCC)C=C1. The van der Waals surface area contributed by atoms with Crippen LogP contribution in [-0.4, -0.2) is 0 Å². The van der Waals surface area contributed by atoms with Crippen LogP contribution in [0.15, 0.2) is 23.8 Å². The number of unbranched alkanes of at least 4 members (excludes halogenated alkanes) is 6. The van der Waals surface area contributed by atoms with Crippen molar-refractivity contribution in [2.45, 2.75) is 78.1 Å². The Morgan fingerprint density at radius 2 is 1.68 bits per heavy atom. The summed E-state index contributed by atoms with van der Waals surface area (Å²) in [4.78, 5) is 0. The van der Waals surface area contributed by atoms with E-state index in [4.69, 9.17) is 0 Å². The molecule has 0 saturated carbocycles. The average molecular weight is 298 g/mol. The maximum absolute atomic E-state index is 9.65. The van der Waals surface area contributed by atoms with Crippen molar-refractivity contribution in [3.63, 3.8) is 0 Å². The number of nitrogens with zero attached hydrogens (tertiary/aromatic N) is 2. The number of allylic oxidation sites excluding steroid dienone is 4.